The number of nitrogens with one attached hydrogen (secondary N) is 12. The first-order valence-electron chi connectivity index (χ1n) is 44.5. The molecule has 6 aromatic heterocycles. The number of hydrogen-bond acceptors (Lipinski definition) is 28. The van der Waals surface area contributed by atoms with E-state index in [0.717, 1.165) is 63.3 Å². The second-order valence-corrected chi connectivity index (χ2v) is 29.5. The minimum absolute atomic E-state index is 0.0296. The van der Waals surface area contributed by atoms with Gasteiger partial charge < -0.3 is 92.7 Å². The van der Waals surface area contributed by atoms with Gasteiger partial charge in [0, 0.05) is 116 Å². The molecule has 15 aromatic rings. The molecular formula is C101H97ClFN25O7. The molecule has 0 unspecified atom stereocenters. The van der Waals surface area contributed by atoms with Gasteiger partial charge in [-0.2, -0.15) is 0 Å². The Morgan fingerprint density at radius 1 is 0.311 bits per heavy atom. The first-order chi connectivity index (χ1) is 68.0. The summed E-state index contributed by atoms with van der Waals surface area (Å²) >= 11 is 5.81. The summed E-state index contributed by atoms with van der Waals surface area (Å²) in [5, 5.41) is 36.2. The maximum absolute atomic E-state index is 13.4. The van der Waals surface area contributed by atoms with Crippen LogP contribution in [-0.2, 0) is 19.2 Å². The number of anilines is 20. The van der Waals surface area contributed by atoms with Gasteiger partial charge in [-0.05, 0) is 236 Å². The molecule has 6 heterocycles. The lowest BCUT2D eigenvalue weighted by Gasteiger charge is -2.11. The van der Waals surface area contributed by atoms with Gasteiger partial charge in [-0.1, -0.05) is 115 Å². The highest BCUT2D eigenvalue weighted by atomic mass is 35.5. The number of pyridine rings is 2. The molecule has 0 spiro atoms. The van der Waals surface area contributed by atoms with Crippen molar-refractivity contribution in [3.05, 3.63) is 376 Å². The van der Waals surface area contributed by atoms with Gasteiger partial charge >= 0.3 is 0 Å². The highest BCUT2D eigenvalue weighted by molar-refractivity contribution is 6.31. The number of hydrogen-bond donors (Lipinski definition) is 12. The normalized spacial score (nSPS) is 11.6. The Balaban J connectivity index is 0.000000168. The molecule has 0 aliphatic heterocycles. The third kappa shape index (κ3) is 34.7. The number of ether oxygens (including phenoxy) is 3. The van der Waals surface area contributed by atoms with E-state index in [0.29, 0.717) is 111 Å². The van der Waals surface area contributed by atoms with Gasteiger partial charge in [0.1, 0.15) is 135 Å². The maximum Gasteiger partial charge on any atom is 0.249 e. The van der Waals surface area contributed by atoms with Crippen LogP contribution in [0.15, 0.2) is 366 Å². The molecule has 12 N–H and O–H groups in total. The lowest BCUT2D eigenvalue weighted by molar-refractivity contribution is -0.112. The summed E-state index contributed by atoms with van der Waals surface area (Å²) in [7, 11) is 7.77. The quantitative estimate of drug-likeness (QED) is 0.0162. The Morgan fingerprint density at radius 2 is 0.593 bits per heavy atom. The summed E-state index contributed by atoms with van der Waals surface area (Å²) in [6, 6.07) is 87.5. The molecule has 135 heavy (non-hydrogen) atoms. The molecular weight excluding hydrogens is 1730 g/mol. The van der Waals surface area contributed by atoms with E-state index in [1.165, 1.54) is 67.8 Å². The Kier molecular flexibility index (Phi) is 33.2. The van der Waals surface area contributed by atoms with Crippen LogP contribution in [-0.4, -0.2) is 150 Å². The summed E-state index contributed by atoms with van der Waals surface area (Å²) in [4.78, 5) is 94.8. The van der Waals surface area contributed by atoms with E-state index in [9.17, 15) is 23.6 Å². The van der Waals surface area contributed by atoms with Crippen molar-refractivity contribution in [3.8, 4) is 34.5 Å². The van der Waals surface area contributed by atoms with Crippen LogP contribution in [0.5, 0.6) is 34.5 Å². The minimum atomic E-state index is -2.84. The van der Waals surface area contributed by atoms with Crippen LogP contribution in [0, 0.1) is 5.82 Å². The van der Waals surface area contributed by atoms with Crippen molar-refractivity contribution in [2.24, 2.45) is 0 Å². The maximum atomic E-state index is 13.4. The molecule has 0 atom stereocenters. The van der Waals surface area contributed by atoms with Crippen molar-refractivity contribution in [1.82, 2.24) is 64.5 Å². The van der Waals surface area contributed by atoms with Gasteiger partial charge in [-0.25, -0.2) is 54.2 Å². The van der Waals surface area contributed by atoms with E-state index >= 15 is 0 Å². The number of halogens is 2. The van der Waals surface area contributed by atoms with E-state index < -0.39 is 32.2 Å². The summed E-state index contributed by atoms with van der Waals surface area (Å²) in [6.07, 6.45) is 15.8. The fraction of sp³-hybridized carbons (Fsp3) is 0.0891. The SMILES string of the molecule is C=CC(=O)Nc1cccc(Nc2cc(Nc3ccc(Oc4ccccc4)cc3)ncn2)n1.CN(C)C/C=C/C(=O)Nc1cccc(Nc2cc(Nc3ccc(Oc4ccccc4)cc3)ncn2)c1.CN(C)C/C=C/C(=O)Nc1cccc(Nc2cc(Nc3ccc(Oc4ccccc4)cc3)ncn2)n1.[2H]C([2H])([2H])N(C/C=C/C(=O)Nc1cccc(Nc2cc(Nc3ccc(F)c(Cl)c3)ncn2)c1)C([2H])([2H])[2H]. The van der Waals surface area contributed by atoms with Crippen LogP contribution >= 0.6 is 11.6 Å². The van der Waals surface area contributed by atoms with Gasteiger partial charge in [-0.15, -0.1) is 0 Å². The lowest BCUT2D eigenvalue weighted by Crippen LogP contribution is -2.13. The molecule has 34 heteroatoms. The first-order valence-corrected chi connectivity index (χ1v) is 41.9. The summed E-state index contributed by atoms with van der Waals surface area (Å²) in [6.45, 7) is -1.33. The standard InChI is InChI=1S/C28H28N6O2.C27H27N7O2.C24H20N6O2.C22H22ClFN6O/c1-34(2)17-7-12-28(35)33-23-9-6-8-22(18-23)32-27-19-26(29-20-30-27)31-21-13-15-25(16-14-21)36-24-10-4-3-5-11-24;1-34(2)17-7-12-27(35)33-24-11-6-10-23(31-24)32-26-18-25(28-19-29-26)30-20-13-15-22(16-14-20)36-21-8-4-3-5-9-21;1-2-24(31)30-21-10-6-9-20(28-21)29-23-15-22(25-16-26-23)27-17-11-13-19(14-12-17)32-18-7-4-3-5-8-18;1-30(2)10-4-7-22(31)29-16-6-3-5-15(11-16)27-20-13-21(26-14-25-20)28-17-8-9-19(24)18(23)12-17/h3-16,18-20H,17H2,1-2H3,(H,33,35)(H2,29,30,31,32);3-16,18-19H,17H2,1-2H3,(H3,28,29,30,31,32,33,35);2-16H,1H2,(H3,25,26,27,28,29,30,31);3-9,11-14H,10H2,1-2H3,(H,29,31)(H2,25,26,27,28)/b2*12-7+;;7-4+/i;;;1D3,2D3. The third-order valence-electron chi connectivity index (χ3n) is 17.7. The summed E-state index contributed by atoms with van der Waals surface area (Å²) < 4.78 is 74.9. The van der Waals surface area contributed by atoms with Gasteiger partial charge in [0.05, 0.1) is 5.02 Å². The number of carbonyl (C=O) groups excluding carboxylic acids is 4. The molecule has 0 aliphatic rings. The number of amides is 4. The molecule has 0 saturated carbocycles. The summed E-state index contributed by atoms with van der Waals surface area (Å²) in [5.41, 5.74) is 5.60. The fourth-order valence-electron chi connectivity index (χ4n) is 11.6. The van der Waals surface area contributed by atoms with Crippen LogP contribution in [0.25, 0.3) is 0 Å². The lowest BCUT2D eigenvalue weighted by atomic mass is 10.2. The first kappa shape index (κ1) is 88.0. The van der Waals surface area contributed by atoms with E-state index in [1.807, 2.05) is 238 Å². The largest absolute Gasteiger partial charge is 0.457 e. The summed E-state index contributed by atoms with van der Waals surface area (Å²) in [5.74, 6) is 9.06. The van der Waals surface area contributed by atoms with Crippen LogP contribution in [0.3, 0.4) is 0 Å². The number of carbonyl (C=O) groups is 4. The Labute approximate surface area is 793 Å². The van der Waals surface area contributed by atoms with E-state index in [2.05, 4.69) is 120 Å². The van der Waals surface area contributed by atoms with Crippen molar-refractivity contribution >= 4 is 151 Å². The van der Waals surface area contributed by atoms with E-state index in [-0.39, 0.29) is 22.7 Å². The molecule has 15 rings (SSSR count). The van der Waals surface area contributed by atoms with E-state index in [4.69, 9.17) is 34.0 Å². The van der Waals surface area contributed by atoms with Crippen molar-refractivity contribution in [3.63, 3.8) is 0 Å². The molecule has 0 radical (unpaired) electrons. The predicted octanol–water partition coefficient (Wildman–Crippen LogP) is 21.1. The van der Waals surface area contributed by atoms with Gasteiger partial charge in [0.2, 0.25) is 23.6 Å². The number of benzene rings is 9. The van der Waals surface area contributed by atoms with Gasteiger partial charge in [-0.3, -0.25) is 19.2 Å². The van der Waals surface area contributed by atoms with Crippen molar-refractivity contribution in [2.45, 2.75) is 0 Å². The van der Waals surface area contributed by atoms with Crippen molar-refractivity contribution in [1.29, 1.82) is 0 Å². The number of rotatable bonds is 36. The zero-order valence-corrected chi connectivity index (χ0v) is 74.1. The zero-order valence-electron chi connectivity index (χ0n) is 79.3. The molecule has 32 nitrogen and oxygen atoms in total. The average molecular weight is 1830 g/mol. The fourth-order valence-corrected chi connectivity index (χ4v) is 11.8. The Bertz CT molecular complexity index is 6520. The van der Waals surface area contributed by atoms with Gasteiger partial charge in [0.15, 0.2) is 0 Å². The molecule has 9 aromatic carbocycles. The molecule has 0 saturated heterocycles. The number of likely N-dealkylation sites (N-methyl/N-ethyl adjacent to an activating group) is 3. The van der Waals surface area contributed by atoms with Gasteiger partial charge in [0.25, 0.3) is 0 Å². The van der Waals surface area contributed by atoms with Crippen LogP contribution < -0.4 is 78.0 Å². The number of para-hydroxylation sites is 3. The highest BCUT2D eigenvalue weighted by Gasteiger charge is 2.13. The van der Waals surface area contributed by atoms with Crippen molar-refractivity contribution < 1.29 is 46.0 Å². The second kappa shape index (κ2) is 50.9. The average Bonchev–Trinajstić information content (AvgIpc) is 0.830. The minimum Gasteiger partial charge on any atom is -0.457 e. The topological polar surface area (TPSA) is 379 Å². The van der Waals surface area contributed by atoms with E-state index in [1.54, 1.807) is 84.9 Å². The van der Waals surface area contributed by atoms with Crippen molar-refractivity contribution in [2.75, 3.05) is 126 Å². The predicted molar refractivity (Wildman–Crippen MR) is 534 cm³/mol. The smallest absolute Gasteiger partial charge is 0.249 e. The Morgan fingerprint density at radius 3 is 0.926 bits per heavy atom. The molecule has 0 aliphatic carbocycles. The Hall–Kier alpha value is -17.7. The monoisotopic (exact) mass is 1830 g/mol. The molecule has 4 amide bonds. The van der Waals surface area contributed by atoms with Crippen LogP contribution in [0.1, 0.15) is 8.22 Å². The second-order valence-electron chi connectivity index (χ2n) is 29.1. The van der Waals surface area contributed by atoms with Crippen LogP contribution in [0.4, 0.5) is 120 Å². The number of nitrogens with zero attached hydrogens (tertiary/aromatic N) is 13. The third-order valence-corrected chi connectivity index (χ3v) is 18.0. The zero-order chi connectivity index (χ0) is 99.7. The highest BCUT2D eigenvalue weighted by Crippen LogP contribution is 2.32. The molecule has 682 valence electrons. The number of aromatic nitrogens is 10. The molecule has 0 bridgehead atoms. The van der Waals surface area contributed by atoms with Crippen LogP contribution in [0.2, 0.25) is 5.02 Å². The molecule has 0 fully saturated rings.